The van der Waals surface area contributed by atoms with E-state index in [4.69, 9.17) is 4.74 Å². The Hall–Kier alpha value is -3.55. The number of carbonyl (C=O) groups excluding carboxylic acids is 1. The first kappa shape index (κ1) is 16.3. The van der Waals surface area contributed by atoms with Crippen LogP contribution >= 0.6 is 0 Å². The normalized spacial score (nSPS) is 10.5. The number of ether oxygens (including phenoxy) is 1. The Morgan fingerprint density at radius 2 is 1.88 bits per heavy atom. The molecule has 1 heterocycles. The van der Waals surface area contributed by atoms with E-state index in [1.54, 1.807) is 6.07 Å². The number of esters is 1. The van der Waals surface area contributed by atoms with Crippen molar-refractivity contribution in [2.24, 2.45) is 0 Å². The van der Waals surface area contributed by atoms with Gasteiger partial charge in [-0.2, -0.15) is 0 Å². The molecule has 0 radical (unpaired) electrons. The number of nitro groups is 1. The van der Waals surface area contributed by atoms with E-state index >= 15 is 0 Å². The highest BCUT2D eigenvalue weighted by molar-refractivity contribution is 5.71. The minimum Gasteiger partial charge on any atom is -0.406 e. The molecule has 0 spiro atoms. The van der Waals surface area contributed by atoms with E-state index in [1.165, 1.54) is 60.1 Å². The van der Waals surface area contributed by atoms with Crippen molar-refractivity contribution in [2.75, 3.05) is 0 Å². The highest BCUT2D eigenvalue weighted by Gasteiger charge is 2.20. The van der Waals surface area contributed by atoms with Gasteiger partial charge in [-0.1, -0.05) is 12.1 Å². The monoisotopic (exact) mass is 341 g/mol. The molecule has 126 valence electrons. The Bertz CT molecular complexity index is 951. The van der Waals surface area contributed by atoms with Crippen LogP contribution in [-0.2, 0) is 4.79 Å². The van der Waals surface area contributed by atoms with E-state index in [-0.39, 0.29) is 17.3 Å². The van der Waals surface area contributed by atoms with Crippen LogP contribution in [0.5, 0.6) is 5.88 Å². The molecule has 0 amide bonds. The van der Waals surface area contributed by atoms with Gasteiger partial charge in [0.05, 0.1) is 10.6 Å². The second-order valence-electron chi connectivity index (χ2n) is 5.13. The van der Waals surface area contributed by atoms with Crippen LogP contribution in [0.1, 0.15) is 6.92 Å². The molecule has 0 N–H and O–H groups in total. The number of carbonyl (C=O) groups is 1. The van der Waals surface area contributed by atoms with E-state index < -0.39 is 16.7 Å². The van der Waals surface area contributed by atoms with Crippen LogP contribution in [-0.4, -0.2) is 20.7 Å². The van der Waals surface area contributed by atoms with Crippen molar-refractivity contribution in [1.82, 2.24) is 9.78 Å². The minimum absolute atomic E-state index is 0.00928. The number of aromatic nitrogens is 2. The topological polar surface area (TPSA) is 87.3 Å². The SMILES string of the molecule is CC(=O)Oc1cc(-c2ccc(F)cc2)n(-c2ccccc2[N+](=O)[O-])n1. The Balaban J connectivity index is 2.21. The molecule has 0 aliphatic carbocycles. The third-order valence-electron chi connectivity index (χ3n) is 3.38. The van der Waals surface area contributed by atoms with Crippen LogP contribution in [0, 0.1) is 15.9 Å². The van der Waals surface area contributed by atoms with Crippen LogP contribution < -0.4 is 4.74 Å². The molecule has 8 heteroatoms. The minimum atomic E-state index is -0.571. The summed E-state index contributed by atoms with van der Waals surface area (Å²) in [5, 5.41) is 15.4. The number of para-hydroxylation sites is 2. The average Bonchev–Trinajstić information content (AvgIpc) is 2.98. The third-order valence-corrected chi connectivity index (χ3v) is 3.38. The van der Waals surface area contributed by atoms with E-state index in [0.29, 0.717) is 11.3 Å². The summed E-state index contributed by atoms with van der Waals surface area (Å²) in [6.45, 7) is 1.22. The molecule has 0 bridgehead atoms. The van der Waals surface area contributed by atoms with Crippen molar-refractivity contribution in [2.45, 2.75) is 6.92 Å². The molecule has 25 heavy (non-hydrogen) atoms. The van der Waals surface area contributed by atoms with Crippen molar-refractivity contribution >= 4 is 11.7 Å². The molecular weight excluding hydrogens is 329 g/mol. The summed E-state index contributed by atoms with van der Waals surface area (Å²) in [6.07, 6.45) is 0. The number of nitrogens with zero attached hydrogens (tertiary/aromatic N) is 3. The lowest BCUT2D eigenvalue weighted by atomic mass is 10.1. The zero-order chi connectivity index (χ0) is 18.0. The number of benzene rings is 2. The largest absolute Gasteiger partial charge is 0.406 e. The van der Waals surface area contributed by atoms with Crippen molar-refractivity contribution in [3.05, 3.63) is 70.5 Å². The summed E-state index contributed by atoms with van der Waals surface area (Å²) in [5.74, 6) is -0.997. The quantitative estimate of drug-likeness (QED) is 0.412. The zero-order valence-corrected chi connectivity index (χ0v) is 13.0. The van der Waals surface area contributed by atoms with E-state index in [2.05, 4.69) is 5.10 Å². The smallest absolute Gasteiger partial charge is 0.309 e. The lowest BCUT2D eigenvalue weighted by molar-refractivity contribution is -0.384. The van der Waals surface area contributed by atoms with Gasteiger partial charge in [-0.15, -0.1) is 5.10 Å². The van der Waals surface area contributed by atoms with Crippen LogP contribution in [0.25, 0.3) is 16.9 Å². The molecule has 0 fully saturated rings. The summed E-state index contributed by atoms with van der Waals surface area (Å²) >= 11 is 0. The Morgan fingerprint density at radius 3 is 2.52 bits per heavy atom. The third kappa shape index (κ3) is 3.37. The molecule has 0 atom stereocenters. The first-order chi connectivity index (χ1) is 12.0. The molecule has 0 unspecified atom stereocenters. The number of nitro benzene ring substituents is 1. The Labute approximate surface area is 141 Å². The standard InChI is InChI=1S/C17H12FN3O4/c1-11(22)25-17-10-16(12-6-8-13(18)9-7-12)20(19-17)14-4-2-3-5-15(14)21(23)24/h2-10H,1H3. The fourth-order valence-corrected chi connectivity index (χ4v) is 2.36. The summed E-state index contributed by atoms with van der Waals surface area (Å²) in [6, 6.07) is 13.0. The van der Waals surface area contributed by atoms with Gasteiger partial charge in [0.2, 0.25) is 5.88 Å². The predicted octanol–water partition coefficient (Wildman–Crippen LogP) is 3.51. The lowest BCUT2D eigenvalue weighted by Crippen LogP contribution is -2.05. The second-order valence-corrected chi connectivity index (χ2v) is 5.13. The van der Waals surface area contributed by atoms with Crippen LogP contribution in [0.3, 0.4) is 0 Å². The predicted molar refractivity (Wildman–Crippen MR) is 86.9 cm³/mol. The molecule has 0 saturated carbocycles. The second kappa shape index (κ2) is 6.52. The first-order valence-corrected chi connectivity index (χ1v) is 7.24. The number of hydrogen-bond acceptors (Lipinski definition) is 5. The van der Waals surface area contributed by atoms with Gasteiger partial charge < -0.3 is 4.74 Å². The first-order valence-electron chi connectivity index (χ1n) is 7.24. The number of halogens is 1. The van der Waals surface area contributed by atoms with Crippen molar-refractivity contribution in [3.63, 3.8) is 0 Å². The van der Waals surface area contributed by atoms with Crippen molar-refractivity contribution in [1.29, 1.82) is 0 Å². The molecule has 0 aliphatic heterocycles. The lowest BCUT2D eigenvalue weighted by Gasteiger charge is -2.07. The van der Waals surface area contributed by atoms with Gasteiger partial charge in [0.1, 0.15) is 11.5 Å². The Morgan fingerprint density at radius 1 is 1.20 bits per heavy atom. The van der Waals surface area contributed by atoms with Crippen LogP contribution in [0.2, 0.25) is 0 Å². The molecule has 2 aromatic carbocycles. The van der Waals surface area contributed by atoms with Gasteiger partial charge in [-0.25, -0.2) is 9.07 Å². The molecule has 1 aromatic heterocycles. The van der Waals surface area contributed by atoms with Gasteiger partial charge in [0, 0.05) is 24.6 Å². The summed E-state index contributed by atoms with van der Waals surface area (Å²) in [4.78, 5) is 22.0. The van der Waals surface area contributed by atoms with Crippen LogP contribution in [0.15, 0.2) is 54.6 Å². The maximum atomic E-state index is 13.2. The van der Waals surface area contributed by atoms with Crippen LogP contribution in [0.4, 0.5) is 10.1 Å². The number of hydrogen-bond donors (Lipinski definition) is 0. The van der Waals surface area contributed by atoms with Gasteiger partial charge >= 0.3 is 5.97 Å². The summed E-state index contributed by atoms with van der Waals surface area (Å²) < 4.78 is 19.5. The fourth-order valence-electron chi connectivity index (χ4n) is 2.36. The molecule has 7 nitrogen and oxygen atoms in total. The number of rotatable bonds is 4. The molecular formula is C17H12FN3O4. The molecule has 3 aromatic rings. The molecule has 0 aliphatic rings. The van der Waals surface area contributed by atoms with E-state index in [9.17, 15) is 19.3 Å². The summed E-state index contributed by atoms with van der Waals surface area (Å²) in [7, 11) is 0. The fraction of sp³-hybridized carbons (Fsp3) is 0.0588. The van der Waals surface area contributed by atoms with Gasteiger partial charge in [-0.05, 0) is 30.3 Å². The van der Waals surface area contributed by atoms with E-state index in [0.717, 1.165) is 0 Å². The van der Waals surface area contributed by atoms with Crippen molar-refractivity contribution < 1.29 is 18.8 Å². The maximum absolute atomic E-state index is 13.2. The summed E-state index contributed by atoms with van der Waals surface area (Å²) in [5.41, 5.74) is 1.02. The average molecular weight is 341 g/mol. The maximum Gasteiger partial charge on any atom is 0.309 e. The molecule has 0 saturated heterocycles. The molecule has 3 rings (SSSR count). The highest BCUT2D eigenvalue weighted by Crippen LogP contribution is 2.31. The van der Waals surface area contributed by atoms with Crippen molar-refractivity contribution in [3.8, 4) is 22.8 Å². The Kier molecular flexibility index (Phi) is 4.25. The van der Waals surface area contributed by atoms with Gasteiger partial charge in [0.25, 0.3) is 5.69 Å². The zero-order valence-electron chi connectivity index (χ0n) is 13.0. The highest BCUT2D eigenvalue weighted by atomic mass is 19.1. The van der Waals surface area contributed by atoms with E-state index in [1.807, 2.05) is 0 Å². The van der Waals surface area contributed by atoms with Gasteiger partial charge in [-0.3, -0.25) is 14.9 Å². The van der Waals surface area contributed by atoms with Gasteiger partial charge in [0.15, 0.2) is 0 Å².